The van der Waals surface area contributed by atoms with Gasteiger partial charge in [-0.15, -0.1) is 0 Å². The van der Waals surface area contributed by atoms with Crippen molar-refractivity contribution in [3.8, 4) is 5.75 Å². The van der Waals surface area contributed by atoms with Crippen LogP contribution in [0.15, 0.2) is 6.20 Å². The van der Waals surface area contributed by atoms with Crippen molar-refractivity contribution in [2.24, 2.45) is 0 Å². The largest absolute Gasteiger partial charge is 0.503 e. The first-order valence-electron chi connectivity index (χ1n) is 5.17. The van der Waals surface area contributed by atoms with Gasteiger partial charge in [-0.25, -0.2) is 4.98 Å². The minimum atomic E-state index is -0.380. The summed E-state index contributed by atoms with van der Waals surface area (Å²) < 4.78 is 0. The van der Waals surface area contributed by atoms with E-state index in [1.165, 1.54) is 6.20 Å². The highest BCUT2D eigenvalue weighted by Gasteiger charge is 2.38. The van der Waals surface area contributed by atoms with E-state index in [2.05, 4.69) is 9.97 Å². The predicted octanol–water partition coefficient (Wildman–Crippen LogP) is 1.19. The fraction of sp³-hybridized carbons (Fsp3) is 0.600. The van der Waals surface area contributed by atoms with Gasteiger partial charge in [-0.3, -0.25) is 0 Å². The van der Waals surface area contributed by atoms with E-state index >= 15 is 0 Å². The lowest BCUT2D eigenvalue weighted by molar-refractivity contribution is 0.209. The van der Waals surface area contributed by atoms with Crippen LogP contribution in [0.4, 0.5) is 5.82 Å². The summed E-state index contributed by atoms with van der Waals surface area (Å²) >= 11 is 5.71. The predicted molar refractivity (Wildman–Crippen MR) is 60.8 cm³/mol. The fourth-order valence-corrected chi connectivity index (χ4v) is 2.22. The van der Waals surface area contributed by atoms with Crippen LogP contribution in [0, 0.1) is 0 Å². The maximum Gasteiger partial charge on any atom is 0.224 e. The van der Waals surface area contributed by atoms with Gasteiger partial charge in [0.25, 0.3) is 0 Å². The van der Waals surface area contributed by atoms with Gasteiger partial charge in [0.05, 0.1) is 18.3 Å². The molecule has 1 aliphatic heterocycles. The smallest absolute Gasteiger partial charge is 0.224 e. The first kappa shape index (κ1) is 11.4. The monoisotopic (exact) mass is 243 g/mol. The summed E-state index contributed by atoms with van der Waals surface area (Å²) in [5.74, 6) is 0.389. The van der Waals surface area contributed by atoms with Crippen molar-refractivity contribution in [2.75, 3.05) is 18.1 Å². The van der Waals surface area contributed by atoms with Crippen molar-refractivity contribution in [2.45, 2.75) is 25.3 Å². The highest BCUT2D eigenvalue weighted by Crippen LogP contribution is 2.36. The van der Waals surface area contributed by atoms with E-state index in [1.54, 1.807) is 0 Å². The van der Waals surface area contributed by atoms with Crippen molar-refractivity contribution >= 4 is 17.4 Å². The van der Waals surface area contributed by atoms with Crippen LogP contribution in [0.1, 0.15) is 19.8 Å². The summed E-state index contributed by atoms with van der Waals surface area (Å²) in [6.07, 6.45) is 3.10. The van der Waals surface area contributed by atoms with Crippen LogP contribution < -0.4 is 4.90 Å². The second kappa shape index (κ2) is 4.07. The molecule has 1 aliphatic rings. The molecular formula is C10H14ClN3O2. The molecule has 6 heteroatoms. The normalized spacial score (nSPS) is 25.1. The van der Waals surface area contributed by atoms with E-state index in [9.17, 15) is 10.2 Å². The molecule has 0 radical (unpaired) electrons. The number of aliphatic hydroxyl groups is 1. The zero-order valence-corrected chi connectivity index (χ0v) is 9.78. The third-order valence-electron chi connectivity index (χ3n) is 3.07. The van der Waals surface area contributed by atoms with Crippen molar-refractivity contribution < 1.29 is 10.2 Å². The number of halogens is 1. The van der Waals surface area contributed by atoms with Crippen LogP contribution >= 0.6 is 11.6 Å². The number of hydrogen-bond acceptors (Lipinski definition) is 5. The molecule has 0 saturated carbocycles. The van der Waals surface area contributed by atoms with Gasteiger partial charge in [0.1, 0.15) is 0 Å². The van der Waals surface area contributed by atoms with Gasteiger partial charge in [0.15, 0.2) is 11.6 Å². The number of anilines is 1. The summed E-state index contributed by atoms with van der Waals surface area (Å²) in [6, 6.07) is 0. The molecule has 88 valence electrons. The molecule has 0 aliphatic carbocycles. The Kier molecular flexibility index (Phi) is 2.90. The molecule has 1 fully saturated rings. The lowest BCUT2D eigenvalue weighted by Gasteiger charge is -2.34. The Labute approximate surface area is 98.7 Å². The Hall–Kier alpha value is -1.07. The van der Waals surface area contributed by atoms with Crippen molar-refractivity contribution in [1.82, 2.24) is 9.97 Å². The van der Waals surface area contributed by atoms with Crippen LogP contribution in [0.2, 0.25) is 5.28 Å². The van der Waals surface area contributed by atoms with Crippen LogP contribution in [0.5, 0.6) is 5.75 Å². The van der Waals surface area contributed by atoms with E-state index < -0.39 is 0 Å². The average molecular weight is 244 g/mol. The fourth-order valence-electron chi connectivity index (χ4n) is 2.09. The first-order valence-corrected chi connectivity index (χ1v) is 5.55. The van der Waals surface area contributed by atoms with Gasteiger partial charge < -0.3 is 15.1 Å². The topological polar surface area (TPSA) is 69.5 Å². The molecule has 0 aromatic carbocycles. The van der Waals surface area contributed by atoms with Gasteiger partial charge in [-0.05, 0) is 31.4 Å². The minimum absolute atomic E-state index is 0.00836. The molecule has 2 N–H and O–H groups in total. The number of rotatable bonds is 2. The Balaban J connectivity index is 2.40. The maximum atomic E-state index is 9.72. The molecule has 5 nitrogen and oxygen atoms in total. The van der Waals surface area contributed by atoms with E-state index in [0.29, 0.717) is 5.82 Å². The maximum absolute atomic E-state index is 9.72. The SMILES string of the molecule is CC1(CO)CCCN1c1nc(Cl)ncc1O. The lowest BCUT2D eigenvalue weighted by Crippen LogP contribution is -2.44. The highest BCUT2D eigenvalue weighted by atomic mass is 35.5. The van der Waals surface area contributed by atoms with Gasteiger partial charge in [-0.1, -0.05) is 0 Å². The van der Waals surface area contributed by atoms with Crippen molar-refractivity contribution in [3.63, 3.8) is 0 Å². The lowest BCUT2D eigenvalue weighted by atomic mass is 10.0. The zero-order valence-electron chi connectivity index (χ0n) is 9.02. The second-order valence-electron chi connectivity index (χ2n) is 4.26. The number of aliphatic hydroxyl groups excluding tert-OH is 1. The van der Waals surface area contributed by atoms with E-state index in [0.717, 1.165) is 19.4 Å². The molecule has 1 saturated heterocycles. The summed E-state index contributed by atoms with van der Waals surface area (Å²) in [6.45, 7) is 2.71. The molecule has 1 unspecified atom stereocenters. The molecule has 1 aromatic rings. The van der Waals surface area contributed by atoms with Gasteiger partial charge in [-0.2, -0.15) is 4.98 Å². The summed E-state index contributed by atoms with van der Waals surface area (Å²) in [4.78, 5) is 9.60. The number of aromatic hydroxyl groups is 1. The third kappa shape index (κ3) is 1.81. The average Bonchev–Trinajstić information content (AvgIpc) is 2.65. The van der Waals surface area contributed by atoms with Gasteiger partial charge in [0.2, 0.25) is 5.28 Å². The van der Waals surface area contributed by atoms with Gasteiger partial charge >= 0.3 is 0 Å². The Morgan fingerprint density at radius 3 is 3.06 bits per heavy atom. The Bertz CT molecular complexity index is 402. The quantitative estimate of drug-likeness (QED) is 0.764. The third-order valence-corrected chi connectivity index (χ3v) is 3.25. The molecule has 1 aromatic heterocycles. The Morgan fingerprint density at radius 1 is 1.62 bits per heavy atom. The number of hydrogen-bond donors (Lipinski definition) is 2. The molecule has 0 bridgehead atoms. The molecule has 2 rings (SSSR count). The molecule has 16 heavy (non-hydrogen) atoms. The first-order chi connectivity index (χ1) is 7.57. The van der Waals surface area contributed by atoms with Crippen molar-refractivity contribution in [1.29, 1.82) is 0 Å². The number of aromatic nitrogens is 2. The highest BCUT2D eigenvalue weighted by molar-refractivity contribution is 6.28. The summed E-state index contributed by atoms with van der Waals surface area (Å²) in [7, 11) is 0. The minimum Gasteiger partial charge on any atom is -0.503 e. The molecular weight excluding hydrogens is 230 g/mol. The molecule has 0 spiro atoms. The summed E-state index contributed by atoms with van der Waals surface area (Å²) in [5, 5.41) is 19.2. The molecule has 1 atom stereocenters. The zero-order chi connectivity index (χ0) is 11.8. The van der Waals surface area contributed by atoms with Gasteiger partial charge in [0, 0.05) is 6.54 Å². The van der Waals surface area contributed by atoms with Crippen LogP contribution in [-0.4, -0.2) is 38.9 Å². The molecule has 2 heterocycles. The number of nitrogens with zero attached hydrogens (tertiary/aromatic N) is 3. The standard InChI is InChI=1S/C10H14ClN3O2/c1-10(6-15)3-2-4-14(10)8-7(16)5-12-9(11)13-8/h5,15-16H,2-4,6H2,1H3. The van der Waals surface area contributed by atoms with E-state index in [4.69, 9.17) is 11.6 Å². The van der Waals surface area contributed by atoms with Crippen molar-refractivity contribution in [3.05, 3.63) is 11.5 Å². The van der Waals surface area contributed by atoms with Crippen LogP contribution in [-0.2, 0) is 0 Å². The second-order valence-corrected chi connectivity index (χ2v) is 4.60. The summed E-state index contributed by atoms with van der Waals surface area (Å²) in [5.41, 5.74) is -0.380. The molecule has 0 amide bonds. The van der Waals surface area contributed by atoms with E-state index in [1.807, 2.05) is 11.8 Å². The van der Waals surface area contributed by atoms with Crippen LogP contribution in [0.3, 0.4) is 0 Å². The van der Waals surface area contributed by atoms with Crippen LogP contribution in [0.25, 0.3) is 0 Å². The Morgan fingerprint density at radius 2 is 2.38 bits per heavy atom. The van der Waals surface area contributed by atoms with E-state index in [-0.39, 0.29) is 23.2 Å².